The van der Waals surface area contributed by atoms with E-state index in [0.29, 0.717) is 11.8 Å². The molecule has 0 saturated heterocycles. The molecule has 1 saturated carbocycles. The molecule has 0 spiro atoms. The molecule has 6 nitrogen and oxygen atoms in total. The molecule has 1 aromatic heterocycles. The summed E-state index contributed by atoms with van der Waals surface area (Å²) in [5.74, 6) is 0.688. The zero-order chi connectivity index (χ0) is 11.7. The van der Waals surface area contributed by atoms with Crippen LogP contribution < -0.4 is 5.32 Å². The topological polar surface area (TPSA) is 79.6 Å². The lowest BCUT2D eigenvalue weighted by Crippen LogP contribution is -2.31. The third kappa shape index (κ3) is 2.20. The summed E-state index contributed by atoms with van der Waals surface area (Å²) in [4.78, 5) is 19.5. The Labute approximate surface area is 97.9 Å². The van der Waals surface area contributed by atoms with Gasteiger partial charge in [-0.15, -0.1) is 5.10 Å². The first kappa shape index (κ1) is 10.1. The number of carbonyl (C=O) groups is 1. The number of rotatable bonds is 2. The maximum Gasteiger partial charge on any atom is 0.276 e. The third-order valence-corrected chi connectivity index (χ3v) is 2.59. The lowest BCUT2D eigenvalue weighted by atomic mass is 10.2. The zero-order valence-electron chi connectivity index (χ0n) is 9.00. The average Bonchev–Trinajstić information content (AvgIpc) is 3.12. The molecule has 17 heavy (non-hydrogen) atoms. The van der Waals surface area contributed by atoms with E-state index in [1.54, 1.807) is 0 Å². The second-order valence-corrected chi connectivity index (χ2v) is 3.97. The van der Waals surface area contributed by atoms with E-state index < -0.39 is 0 Å². The number of hydrogen-bond donors (Lipinski definition) is 1. The number of amides is 1. The van der Waals surface area contributed by atoms with E-state index in [-0.39, 0.29) is 11.6 Å². The van der Waals surface area contributed by atoms with E-state index in [2.05, 4.69) is 25.5 Å². The predicted octanol–water partition coefficient (Wildman–Crippen LogP) is 0.589. The molecule has 0 atom stereocenters. The van der Waals surface area contributed by atoms with Crippen LogP contribution in [0, 0.1) is 12.3 Å². The van der Waals surface area contributed by atoms with Gasteiger partial charge in [0.1, 0.15) is 11.5 Å². The molecule has 2 heterocycles. The minimum Gasteiger partial charge on any atom is -0.307 e. The molecule has 1 amide bonds. The number of hydrogen-bond acceptors (Lipinski definition) is 5. The predicted molar refractivity (Wildman–Crippen MR) is 61.4 cm³/mol. The van der Waals surface area contributed by atoms with E-state index >= 15 is 0 Å². The van der Waals surface area contributed by atoms with Gasteiger partial charge in [-0.1, -0.05) is 0 Å². The van der Waals surface area contributed by atoms with Gasteiger partial charge in [0.25, 0.3) is 5.91 Å². The van der Waals surface area contributed by atoms with Crippen molar-refractivity contribution in [3.8, 4) is 0 Å². The van der Waals surface area contributed by atoms with Crippen LogP contribution in [-0.4, -0.2) is 27.4 Å². The van der Waals surface area contributed by atoms with Crippen molar-refractivity contribution in [3.05, 3.63) is 30.7 Å². The summed E-state index contributed by atoms with van der Waals surface area (Å²) in [6.45, 7) is 0. The van der Waals surface area contributed by atoms with Gasteiger partial charge in [0.15, 0.2) is 0 Å². The number of carbonyl (C=O) groups excluding carboxylic acids is 1. The number of amidine groups is 1. The second kappa shape index (κ2) is 4.04. The molecule has 3 rings (SSSR count). The SMILES string of the molecule is O=C(NC1=NN=C(C2CC2)[CH]1)c1cnccn1. The normalized spacial score (nSPS) is 18.6. The Hall–Kier alpha value is -2.11. The quantitative estimate of drug-likeness (QED) is 0.804. The van der Waals surface area contributed by atoms with Crippen molar-refractivity contribution < 1.29 is 4.79 Å². The second-order valence-electron chi connectivity index (χ2n) is 3.97. The molecule has 2 aliphatic rings. The highest BCUT2D eigenvalue weighted by atomic mass is 16.2. The van der Waals surface area contributed by atoms with E-state index in [1.807, 2.05) is 6.42 Å². The van der Waals surface area contributed by atoms with E-state index in [1.165, 1.54) is 18.6 Å². The first-order chi connectivity index (χ1) is 8.33. The van der Waals surface area contributed by atoms with Crippen LogP contribution in [0.3, 0.4) is 0 Å². The summed E-state index contributed by atoms with van der Waals surface area (Å²) in [5.41, 5.74) is 1.22. The van der Waals surface area contributed by atoms with Crippen LogP contribution >= 0.6 is 0 Å². The van der Waals surface area contributed by atoms with Crippen molar-refractivity contribution in [2.45, 2.75) is 12.8 Å². The van der Waals surface area contributed by atoms with Crippen molar-refractivity contribution in [3.63, 3.8) is 0 Å². The van der Waals surface area contributed by atoms with Gasteiger partial charge in [0.2, 0.25) is 0 Å². The number of nitrogens with zero attached hydrogens (tertiary/aromatic N) is 4. The van der Waals surface area contributed by atoms with Gasteiger partial charge in [0, 0.05) is 12.4 Å². The summed E-state index contributed by atoms with van der Waals surface area (Å²) in [6, 6.07) is 0. The molecule has 1 aromatic rings. The molecule has 6 heteroatoms. The molecular formula is C11H10N5O. The highest BCUT2D eigenvalue weighted by molar-refractivity contribution is 6.22. The molecule has 0 unspecified atom stereocenters. The minimum absolute atomic E-state index is 0.267. The van der Waals surface area contributed by atoms with Crippen LogP contribution in [0.1, 0.15) is 23.3 Å². The Kier molecular flexibility index (Phi) is 2.40. The fourth-order valence-corrected chi connectivity index (χ4v) is 1.55. The van der Waals surface area contributed by atoms with Crippen LogP contribution in [0.5, 0.6) is 0 Å². The fraction of sp³-hybridized carbons (Fsp3) is 0.273. The molecule has 1 aliphatic carbocycles. The standard InChI is InChI=1S/C11H10N5O/c17-11(9-6-12-3-4-13-9)14-10-5-8(15-16-10)7-1-2-7/h3-7H,1-2H2,(H,14,16,17). The van der Waals surface area contributed by atoms with E-state index in [4.69, 9.17) is 0 Å². The van der Waals surface area contributed by atoms with Gasteiger partial charge in [0.05, 0.1) is 18.3 Å². The molecular weight excluding hydrogens is 218 g/mol. The van der Waals surface area contributed by atoms with Gasteiger partial charge < -0.3 is 5.32 Å². The van der Waals surface area contributed by atoms with Crippen LogP contribution in [0.2, 0.25) is 0 Å². The summed E-state index contributed by atoms with van der Waals surface area (Å²) in [6.07, 6.45) is 8.54. The van der Waals surface area contributed by atoms with E-state index in [0.717, 1.165) is 18.6 Å². The first-order valence-corrected chi connectivity index (χ1v) is 5.40. The van der Waals surface area contributed by atoms with E-state index in [9.17, 15) is 4.79 Å². The fourth-order valence-electron chi connectivity index (χ4n) is 1.55. The minimum atomic E-state index is -0.319. The summed E-state index contributed by atoms with van der Waals surface area (Å²) in [5, 5.41) is 10.6. The molecule has 0 bridgehead atoms. The molecule has 85 valence electrons. The lowest BCUT2D eigenvalue weighted by molar-refractivity contribution is 0.0972. The van der Waals surface area contributed by atoms with Crippen LogP contribution in [-0.2, 0) is 0 Å². The Balaban J connectivity index is 1.60. The maximum absolute atomic E-state index is 11.7. The van der Waals surface area contributed by atoms with Crippen molar-refractivity contribution >= 4 is 17.5 Å². The molecule has 1 radical (unpaired) electrons. The number of nitrogens with one attached hydrogen (secondary N) is 1. The van der Waals surface area contributed by atoms with Crippen LogP contribution in [0.25, 0.3) is 0 Å². The van der Waals surface area contributed by atoms with Crippen molar-refractivity contribution in [1.82, 2.24) is 15.3 Å². The van der Waals surface area contributed by atoms with Crippen LogP contribution in [0.15, 0.2) is 28.8 Å². The highest BCUT2D eigenvalue weighted by Gasteiger charge is 2.31. The molecule has 1 N–H and O–H groups in total. The van der Waals surface area contributed by atoms with Gasteiger partial charge in [-0.25, -0.2) is 4.98 Å². The van der Waals surface area contributed by atoms with Gasteiger partial charge in [-0.2, -0.15) is 5.10 Å². The Morgan fingerprint density at radius 1 is 1.29 bits per heavy atom. The molecule has 0 aromatic carbocycles. The van der Waals surface area contributed by atoms with Crippen molar-refractivity contribution in [2.75, 3.05) is 0 Å². The van der Waals surface area contributed by atoms with Gasteiger partial charge >= 0.3 is 0 Å². The average molecular weight is 228 g/mol. The van der Waals surface area contributed by atoms with Crippen molar-refractivity contribution in [2.24, 2.45) is 16.1 Å². The zero-order valence-corrected chi connectivity index (χ0v) is 9.00. The molecule has 1 fully saturated rings. The monoisotopic (exact) mass is 228 g/mol. The lowest BCUT2D eigenvalue weighted by Gasteiger charge is -2.02. The van der Waals surface area contributed by atoms with Crippen molar-refractivity contribution in [1.29, 1.82) is 0 Å². The Morgan fingerprint density at radius 2 is 2.18 bits per heavy atom. The highest BCUT2D eigenvalue weighted by Crippen LogP contribution is 2.32. The molecule has 1 aliphatic heterocycles. The van der Waals surface area contributed by atoms with Gasteiger partial charge in [-0.05, 0) is 18.8 Å². The summed E-state index contributed by atoms with van der Waals surface area (Å²) in [7, 11) is 0. The van der Waals surface area contributed by atoms with Gasteiger partial charge in [-0.3, -0.25) is 9.78 Å². The number of aromatic nitrogens is 2. The smallest absolute Gasteiger partial charge is 0.276 e. The Morgan fingerprint density at radius 3 is 2.88 bits per heavy atom. The maximum atomic E-state index is 11.7. The largest absolute Gasteiger partial charge is 0.307 e. The summed E-state index contributed by atoms with van der Waals surface area (Å²) >= 11 is 0. The third-order valence-electron chi connectivity index (χ3n) is 2.59. The van der Waals surface area contributed by atoms with Crippen LogP contribution in [0.4, 0.5) is 0 Å². The Bertz CT molecular complexity index is 504. The first-order valence-electron chi connectivity index (χ1n) is 5.40. The summed E-state index contributed by atoms with van der Waals surface area (Å²) < 4.78 is 0.